The largest absolute Gasteiger partial charge is 0.289 e. The number of carbonyl (C=O) groups excluding carboxylic acids is 1. The van der Waals surface area contributed by atoms with Crippen molar-refractivity contribution in [2.45, 2.75) is 0 Å². The summed E-state index contributed by atoms with van der Waals surface area (Å²) >= 11 is 0. The fourth-order valence-electron chi connectivity index (χ4n) is 1.72. The maximum absolute atomic E-state index is 12.2. The van der Waals surface area contributed by atoms with Crippen molar-refractivity contribution in [2.24, 2.45) is 0 Å². The quantitative estimate of drug-likeness (QED) is 0.559. The highest BCUT2D eigenvalue weighted by Crippen LogP contribution is 2.13. The van der Waals surface area contributed by atoms with Gasteiger partial charge in [0.1, 0.15) is 7.85 Å². The molecule has 0 aliphatic carbocycles. The monoisotopic (exact) mass is 219 g/mol. The molecule has 0 aliphatic rings. The van der Waals surface area contributed by atoms with Crippen LogP contribution in [0, 0.1) is 11.3 Å². The van der Waals surface area contributed by atoms with E-state index in [9.17, 15) is 4.79 Å². The Morgan fingerprint density at radius 3 is 2.59 bits per heavy atom. The standard InChI is InChI=1S/C14H10BNO/c15-12-6-3-5-10(8-12)14(17)13-7-2-1-4-11(13)9-16/h1-8H,15H2. The van der Waals surface area contributed by atoms with Gasteiger partial charge in [-0.3, -0.25) is 4.79 Å². The van der Waals surface area contributed by atoms with E-state index in [0.29, 0.717) is 16.7 Å². The van der Waals surface area contributed by atoms with Crippen LogP contribution in [-0.4, -0.2) is 13.6 Å². The van der Waals surface area contributed by atoms with E-state index in [2.05, 4.69) is 0 Å². The molecule has 0 amide bonds. The lowest BCUT2D eigenvalue weighted by Crippen LogP contribution is -2.09. The molecule has 0 bridgehead atoms. The van der Waals surface area contributed by atoms with Gasteiger partial charge in [0, 0.05) is 11.1 Å². The molecule has 2 rings (SSSR count). The molecular formula is C14H10BNO. The van der Waals surface area contributed by atoms with E-state index >= 15 is 0 Å². The van der Waals surface area contributed by atoms with Crippen molar-refractivity contribution >= 4 is 19.1 Å². The van der Waals surface area contributed by atoms with Crippen LogP contribution in [0.4, 0.5) is 0 Å². The van der Waals surface area contributed by atoms with Crippen LogP contribution in [0.3, 0.4) is 0 Å². The highest BCUT2D eigenvalue weighted by molar-refractivity contribution is 6.33. The van der Waals surface area contributed by atoms with Crippen LogP contribution in [0.1, 0.15) is 21.5 Å². The van der Waals surface area contributed by atoms with E-state index in [1.54, 1.807) is 30.3 Å². The molecule has 2 aromatic rings. The topological polar surface area (TPSA) is 40.9 Å². The van der Waals surface area contributed by atoms with Crippen LogP contribution in [0.15, 0.2) is 48.5 Å². The van der Waals surface area contributed by atoms with Crippen LogP contribution >= 0.6 is 0 Å². The fourth-order valence-corrected chi connectivity index (χ4v) is 1.72. The van der Waals surface area contributed by atoms with Gasteiger partial charge in [0.2, 0.25) is 0 Å². The molecule has 0 heterocycles. The van der Waals surface area contributed by atoms with E-state index in [0.717, 1.165) is 5.46 Å². The summed E-state index contributed by atoms with van der Waals surface area (Å²) in [5.41, 5.74) is 2.53. The summed E-state index contributed by atoms with van der Waals surface area (Å²) in [6.45, 7) is 0. The van der Waals surface area contributed by atoms with Crippen molar-refractivity contribution in [1.29, 1.82) is 5.26 Å². The molecule has 0 aromatic heterocycles. The Morgan fingerprint density at radius 2 is 1.88 bits per heavy atom. The maximum atomic E-state index is 12.2. The summed E-state index contributed by atoms with van der Waals surface area (Å²) in [4.78, 5) is 12.2. The van der Waals surface area contributed by atoms with Gasteiger partial charge >= 0.3 is 0 Å². The second kappa shape index (κ2) is 4.67. The molecule has 2 nitrogen and oxygen atoms in total. The van der Waals surface area contributed by atoms with Crippen LogP contribution in [0.25, 0.3) is 0 Å². The summed E-state index contributed by atoms with van der Waals surface area (Å²) < 4.78 is 0. The molecule has 0 atom stereocenters. The number of rotatable bonds is 2. The van der Waals surface area contributed by atoms with Gasteiger partial charge in [0.25, 0.3) is 0 Å². The van der Waals surface area contributed by atoms with Crippen molar-refractivity contribution in [3.8, 4) is 6.07 Å². The third kappa shape index (κ3) is 2.26. The minimum atomic E-state index is -0.106. The second-order valence-electron chi connectivity index (χ2n) is 3.86. The molecule has 80 valence electrons. The Morgan fingerprint density at radius 1 is 1.12 bits per heavy atom. The summed E-state index contributed by atoms with van der Waals surface area (Å²) in [5, 5.41) is 8.97. The van der Waals surface area contributed by atoms with Crippen LogP contribution < -0.4 is 5.46 Å². The molecule has 17 heavy (non-hydrogen) atoms. The average molecular weight is 219 g/mol. The number of carbonyl (C=O) groups is 1. The normalized spacial score (nSPS) is 9.59. The second-order valence-corrected chi connectivity index (χ2v) is 3.86. The smallest absolute Gasteiger partial charge is 0.194 e. The Kier molecular flexibility index (Phi) is 3.07. The molecule has 2 aromatic carbocycles. The lowest BCUT2D eigenvalue weighted by molar-refractivity contribution is 0.103. The Hall–Kier alpha value is -2.34. The van der Waals surface area contributed by atoms with Crippen LogP contribution in [0.5, 0.6) is 0 Å². The maximum Gasteiger partial charge on any atom is 0.194 e. The SMILES string of the molecule is Bc1cccc(C(=O)c2ccccc2C#N)c1. The number of nitrogens with zero attached hydrogens (tertiary/aromatic N) is 1. The molecule has 0 saturated carbocycles. The van der Waals surface area contributed by atoms with Gasteiger partial charge in [-0.1, -0.05) is 41.9 Å². The van der Waals surface area contributed by atoms with Gasteiger partial charge in [-0.25, -0.2) is 0 Å². The van der Waals surface area contributed by atoms with Crippen molar-refractivity contribution in [3.63, 3.8) is 0 Å². The summed E-state index contributed by atoms with van der Waals surface area (Å²) in [7, 11) is 1.94. The molecular weight excluding hydrogens is 209 g/mol. The number of ketones is 1. The van der Waals surface area contributed by atoms with Gasteiger partial charge in [0.15, 0.2) is 5.78 Å². The molecule has 0 N–H and O–H groups in total. The Labute approximate surface area is 101 Å². The van der Waals surface area contributed by atoms with E-state index in [-0.39, 0.29) is 5.78 Å². The molecule has 0 radical (unpaired) electrons. The van der Waals surface area contributed by atoms with E-state index < -0.39 is 0 Å². The van der Waals surface area contributed by atoms with E-state index in [4.69, 9.17) is 5.26 Å². The molecule has 0 fully saturated rings. The zero-order chi connectivity index (χ0) is 12.3. The van der Waals surface area contributed by atoms with Gasteiger partial charge in [-0.05, 0) is 12.1 Å². The van der Waals surface area contributed by atoms with Gasteiger partial charge in [0.05, 0.1) is 11.6 Å². The third-order valence-corrected chi connectivity index (χ3v) is 2.57. The Balaban J connectivity index is 2.48. The van der Waals surface area contributed by atoms with Gasteiger partial charge in [-0.15, -0.1) is 0 Å². The zero-order valence-electron chi connectivity index (χ0n) is 9.47. The molecule has 0 unspecified atom stereocenters. The average Bonchev–Trinajstić information content (AvgIpc) is 2.38. The minimum Gasteiger partial charge on any atom is -0.289 e. The van der Waals surface area contributed by atoms with Crippen LogP contribution in [0.2, 0.25) is 0 Å². The molecule has 3 heteroatoms. The zero-order valence-corrected chi connectivity index (χ0v) is 9.47. The predicted octanol–water partition coefficient (Wildman–Crippen LogP) is 1.05. The first-order chi connectivity index (χ1) is 8.22. The summed E-state index contributed by atoms with van der Waals surface area (Å²) in [6, 6.07) is 16.3. The summed E-state index contributed by atoms with van der Waals surface area (Å²) in [6.07, 6.45) is 0. The molecule has 0 saturated heterocycles. The molecule has 0 aliphatic heterocycles. The molecule has 0 spiro atoms. The number of nitriles is 1. The van der Waals surface area contributed by atoms with E-state index in [1.165, 1.54) is 0 Å². The van der Waals surface area contributed by atoms with Crippen molar-refractivity contribution in [3.05, 3.63) is 65.2 Å². The lowest BCUT2D eigenvalue weighted by atomic mass is 9.91. The highest BCUT2D eigenvalue weighted by Gasteiger charge is 2.12. The lowest BCUT2D eigenvalue weighted by Gasteiger charge is -2.03. The number of hydrogen-bond donors (Lipinski definition) is 0. The first-order valence-corrected chi connectivity index (χ1v) is 5.33. The Bertz CT molecular complexity index is 614. The minimum absolute atomic E-state index is 0.106. The van der Waals surface area contributed by atoms with Crippen molar-refractivity contribution < 1.29 is 4.79 Å². The van der Waals surface area contributed by atoms with Crippen LogP contribution in [-0.2, 0) is 0 Å². The van der Waals surface area contributed by atoms with E-state index in [1.807, 2.05) is 32.1 Å². The first-order valence-electron chi connectivity index (χ1n) is 5.33. The van der Waals surface area contributed by atoms with Crippen molar-refractivity contribution in [1.82, 2.24) is 0 Å². The number of hydrogen-bond acceptors (Lipinski definition) is 2. The van der Waals surface area contributed by atoms with Gasteiger partial charge < -0.3 is 0 Å². The van der Waals surface area contributed by atoms with Crippen molar-refractivity contribution in [2.75, 3.05) is 0 Å². The first kappa shape index (κ1) is 11.2. The fraction of sp³-hybridized carbons (Fsp3) is 0. The highest BCUT2D eigenvalue weighted by atomic mass is 16.1. The summed E-state index contributed by atoms with van der Waals surface area (Å²) in [5.74, 6) is -0.106. The number of benzene rings is 2. The van der Waals surface area contributed by atoms with Gasteiger partial charge in [-0.2, -0.15) is 5.26 Å². The predicted molar refractivity (Wildman–Crippen MR) is 69.2 cm³/mol. The third-order valence-electron chi connectivity index (χ3n) is 2.57.